The molecule has 0 aromatic carbocycles. The summed E-state index contributed by atoms with van der Waals surface area (Å²) >= 11 is 1.78. The second kappa shape index (κ2) is 5.36. The molecule has 4 rings (SSSR count). The Labute approximate surface area is 127 Å². The molecule has 1 saturated heterocycles. The molecule has 1 saturated carbocycles. The molecule has 1 atom stereocenters. The summed E-state index contributed by atoms with van der Waals surface area (Å²) in [6.07, 6.45) is 5.88. The van der Waals surface area contributed by atoms with Crippen molar-refractivity contribution in [3.05, 3.63) is 16.7 Å². The number of aryl methyl sites for hydroxylation is 1. The van der Waals surface area contributed by atoms with Crippen molar-refractivity contribution in [3.8, 4) is 0 Å². The van der Waals surface area contributed by atoms with Gasteiger partial charge < -0.3 is 9.42 Å². The first-order valence-electron chi connectivity index (χ1n) is 7.65. The lowest BCUT2D eigenvalue weighted by Gasteiger charge is -2.31. The van der Waals surface area contributed by atoms with E-state index in [0.29, 0.717) is 17.7 Å². The maximum atomic E-state index is 5.06. The van der Waals surface area contributed by atoms with Crippen LogP contribution in [0, 0.1) is 12.8 Å². The molecule has 0 bridgehead atoms. The van der Waals surface area contributed by atoms with Crippen molar-refractivity contribution in [2.75, 3.05) is 18.0 Å². The quantitative estimate of drug-likeness (QED) is 0.865. The first-order valence-corrected chi connectivity index (χ1v) is 8.47. The van der Waals surface area contributed by atoms with E-state index in [1.165, 1.54) is 30.7 Å². The van der Waals surface area contributed by atoms with Gasteiger partial charge in [-0.2, -0.15) is 4.98 Å². The van der Waals surface area contributed by atoms with E-state index in [-0.39, 0.29) is 0 Å². The van der Waals surface area contributed by atoms with Crippen LogP contribution in [-0.2, 0) is 6.42 Å². The first kappa shape index (κ1) is 13.2. The topological polar surface area (TPSA) is 67.9 Å². The highest BCUT2D eigenvalue weighted by atomic mass is 32.1. The molecule has 0 radical (unpaired) electrons. The fourth-order valence-electron chi connectivity index (χ4n) is 2.94. The van der Waals surface area contributed by atoms with Crippen LogP contribution in [0.4, 0.5) is 5.13 Å². The molecular formula is C14H19N5OS. The van der Waals surface area contributed by atoms with Crippen LogP contribution in [0.3, 0.4) is 0 Å². The zero-order chi connectivity index (χ0) is 14.2. The molecule has 0 spiro atoms. The zero-order valence-electron chi connectivity index (χ0n) is 12.2. The van der Waals surface area contributed by atoms with Gasteiger partial charge in [-0.05, 0) is 31.6 Å². The van der Waals surface area contributed by atoms with E-state index < -0.39 is 0 Å². The van der Waals surface area contributed by atoms with Gasteiger partial charge in [0.15, 0.2) is 5.82 Å². The minimum absolute atomic E-state index is 0.573. The number of piperidine rings is 1. The molecule has 7 heteroatoms. The van der Waals surface area contributed by atoms with E-state index in [1.807, 2.05) is 6.92 Å². The summed E-state index contributed by atoms with van der Waals surface area (Å²) < 4.78 is 5.06. The van der Waals surface area contributed by atoms with Gasteiger partial charge in [0.25, 0.3) is 0 Å². The number of aromatic nitrogens is 4. The third-order valence-corrected chi connectivity index (χ3v) is 5.33. The molecule has 2 aliphatic rings. The van der Waals surface area contributed by atoms with Crippen molar-refractivity contribution < 1.29 is 4.52 Å². The van der Waals surface area contributed by atoms with E-state index in [0.717, 1.165) is 30.5 Å². The monoisotopic (exact) mass is 305 g/mol. The highest BCUT2D eigenvalue weighted by Gasteiger charge is 2.29. The minimum atomic E-state index is 0.573. The molecule has 0 N–H and O–H groups in total. The average Bonchev–Trinajstić information content (AvgIpc) is 3.07. The predicted octanol–water partition coefficient (Wildman–Crippen LogP) is 2.57. The van der Waals surface area contributed by atoms with Crippen molar-refractivity contribution in [1.29, 1.82) is 0 Å². The molecule has 2 aromatic rings. The molecule has 6 nitrogen and oxygen atoms in total. The van der Waals surface area contributed by atoms with Crippen LogP contribution in [0.1, 0.15) is 48.3 Å². The van der Waals surface area contributed by atoms with Gasteiger partial charge >= 0.3 is 0 Å². The van der Waals surface area contributed by atoms with Crippen molar-refractivity contribution in [3.63, 3.8) is 0 Å². The van der Waals surface area contributed by atoms with Crippen molar-refractivity contribution in [1.82, 2.24) is 20.3 Å². The molecule has 112 valence electrons. The summed E-state index contributed by atoms with van der Waals surface area (Å²) in [6.45, 7) is 3.94. The number of nitrogens with zero attached hydrogens (tertiary/aromatic N) is 5. The molecule has 1 aliphatic carbocycles. The molecule has 1 aliphatic heterocycles. The maximum Gasteiger partial charge on any atom is 0.223 e. The molecule has 0 unspecified atom stereocenters. The van der Waals surface area contributed by atoms with Crippen molar-refractivity contribution in [2.24, 2.45) is 5.92 Å². The Morgan fingerprint density at radius 3 is 2.95 bits per heavy atom. The Bertz CT molecular complexity index is 620. The Morgan fingerprint density at radius 1 is 1.29 bits per heavy atom. The smallest absolute Gasteiger partial charge is 0.223 e. The number of rotatable bonds is 4. The summed E-state index contributed by atoms with van der Waals surface area (Å²) in [6, 6.07) is 0. The van der Waals surface area contributed by atoms with Gasteiger partial charge in [-0.1, -0.05) is 16.5 Å². The normalized spacial score (nSPS) is 22.7. The van der Waals surface area contributed by atoms with Crippen LogP contribution in [0.2, 0.25) is 0 Å². The Morgan fingerprint density at radius 2 is 2.19 bits per heavy atom. The van der Waals surface area contributed by atoms with Crippen LogP contribution in [0.5, 0.6) is 0 Å². The Hall–Kier alpha value is -1.50. The molecule has 2 aromatic heterocycles. The lowest BCUT2D eigenvalue weighted by Crippen LogP contribution is -2.36. The van der Waals surface area contributed by atoms with E-state index in [2.05, 4.69) is 25.2 Å². The van der Waals surface area contributed by atoms with E-state index in [9.17, 15) is 0 Å². The summed E-state index contributed by atoms with van der Waals surface area (Å²) in [7, 11) is 0. The molecule has 0 amide bonds. The fraction of sp³-hybridized carbons (Fsp3) is 0.714. The Balaban J connectivity index is 1.41. The van der Waals surface area contributed by atoms with Gasteiger partial charge in [0.2, 0.25) is 11.0 Å². The molecule has 21 heavy (non-hydrogen) atoms. The van der Waals surface area contributed by atoms with Gasteiger partial charge in [0.05, 0.1) is 0 Å². The van der Waals surface area contributed by atoms with Gasteiger partial charge in [-0.25, -0.2) is 0 Å². The van der Waals surface area contributed by atoms with Gasteiger partial charge in [0.1, 0.15) is 5.01 Å². The van der Waals surface area contributed by atoms with Crippen LogP contribution in [0.25, 0.3) is 0 Å². The highest BCUT2D eigenvalue weighted by molar-refractivity contribution is 7.15. The van der Waals surface area contributed by atoms with Crippen LogP contribution in [0.15, 0.2) is 4.52 Å². The third-order valence-electron chi connectivity index (χ3n) is 4.19. The second-order valence-electron chi connectivity index (χ2n) is 6.09. The van der Waals surface area contributed by atoms with Crippen LogP contribution in [-0.4, -0.2) is 33.4 Å². The predicted molar refractivity (Wildman–Crippen MR) is 79.6 cm³/mol. The van der Waals surface area contributed by atoms with Crippen LogP contribution < -0.4 is 4.90 Å². The molecule has 2 fully saturated rings. The first-order chi connectivity index (χ1) is 10.3. The lowest BCUT2D eigenvalue weighted by molar-refractivity contribution is 0.369. The van der Waals surface area contributed by atoms with E-state index >= 15 is 0 Å². The van der Waals surface area contributed by atoms with Gasteiger partial charge in [-0.3, -0.25) is 0 Å². The average molecular weight is 305 g/mol. The SMILES string of the molecule is Cc1nc(C[C@@H]2CCCN(c3nnc(C4CC4)s3)C2)no1. The van der Waals surface area contributed by atoms with Gasteiger partial charge in [-0.15, -0.1) is 10.2 Å². The van der Waals surface area contributed by atoms with Crippen molar-refractivity contribution in [2.45, 2.75) is 44.9 Å². The van der Waals surface area contributed by atoms with Crippen LogP contribution >= 0.6 is 11.3 Å². The Kier molecular flexibility index (Phi) is 3.37. The zero-order valence-corrected chi connectivity index (χ0v) is 13.0. The molecule has 3 heterocycles. The summed E-state index contributed by atoms with van der Waals surface area (Å²) in [5.41, 5.74) is 0. The van der Waals surface area contributed by atoms with E-state index in [4.69, 9.17) is 4.52 Å². The fourth-order valence-corrected chi connectivity index (χ4v) is 3.98. The largest absolute Gasteiger partial charge is 0.346 e. The number of anilines is 1. The maximum absolute atomic E-state index is 5.06. The highest BCUT2D eigenvalue weighted by Crippen LogP contribution is 2.43. The second-order valence-corrected chi connectivity index (χ2v) is 7.07. The summed E-state index contributed by atoms with van der Waals surface area (Å²) in [5.74, 6) is 2.74. The third kappa shape index (κ3) is 2.92. The lowest BCUT2D eigenvalue weighted by atomic mass is 9.95. The number of hydrogen-bond donors (Lipinski definition) is 0. The minimum Gasteiger partial charge on any atom is -0.346 e. The standard InChI is InChI=1S/C14H19N5OS/c1-9-15-12(18-20-9)7-10-3-2-6-19(8-10)14-17-16-13(21-14)11-4-5-11/h10-11H,2-8H2,1H3/t10-/m0/s1. The van der Waals surface area contributed by atoms with Gasteiger partial charge in [0, 0.05) is 32.4 Å². The molecular weight excluding hydrogens is 286 g/mol. The van der Waals surface area contributed by atoms with Crippen molar-refractivity contribution >= 4 is 16.5 Å². The summed E-state index contributed by atoms with van der Waals surface area (Å²) in [4.78, 5) is 6.70. The van der Waals surface area contributed by atoms with E-state index in [1.54, 1.807) is 11.3 Å². The number of hydrogen-bond acceptors (Lipinski definition) is 7. The summed E-state index contributed by atoms with van der Waals surface area (Å²) in [5, 5.41) is 15.1.